The summed E-state index contributed by atoms with van der Waals surface area (Å²) in [4.78, 5) is 12.2. The largest absolute Gasteiger partial charge is 0.493 e. The standard InChI is InChI=1S/C18H13Cl3N2O3S/c1-25-14-5-9(6-15-17(24)23-18(22)27-15)4-13(21)16(14)26-8-10-2-3-11(19)7-12(10)20/h2-7H,8H2,1H3,(H2,22,23,24)/b15-6-. The summed E-state index contributed by atoms with van der Waals surface area (Å²) in [6.45, 7) is 0.182. The highest BCUT2D eigenvalue weighted by Crippen LogP contribution is 2.38. The van der Waals surface area contributed by atoms with Crippen LogP contribution < -0.4 is 14.8 Å². The normalized spacial score (nSPS) is 15.2. The first-order valence-electron chi connectivity index (χ1n) is 7.61. The molecule has 0 bridgehead atoms. The lowest BCUT2D eigenvalue weighted by molar-refractivity contribution is -0.115. The molecular weight excluding hydrogens is 431 g/mol. The monoisotopic (exact) mass is 442 g/mol. The summed E-state index contributed by atoms with van der Waals surface area (Å²) in [5.74, 6) is 0.458. The predicted octanol–water partition coefficient (Wildman–Crippen LogP) is 5.37. The molecule has 0 saturated carbocycles. The first-order chi connectivity index (χ1) is 12.9. The highest BCUT2D eigenvalue weighted by molar-refractivity contribution is 8.18. The molecule has 0 spiro atoms. The van der Waals surface area contributed by atoms with Gasteiger partial charge in [0.1, 0.15) is 6.61 Å². The van der Waals surface area contributed by atoms with Gasteiger partial charge >= 0.3 is 0 Å². The molecule has 140 valence electrons. The second kappa shape index (κ2) is 8.44. The van der Waals surface area contributed by atoms with Gasteiger partial charge in [0.15, 0.2) is 16.7 Å². The van der Waals surface area contributed by atoms with Crippen LogP contribution in [0.4, 0.5) is 0 Å². The first kappa shape index (κ1) is 19.9. The molecule has 1 heterocycles. The van der Waals surface area contributed by atoms with Crippen molar-refractivity contribution in [1.29, 1.82) is 5.41 Å². The minimum absolute atomic E-state index is 0.0871. The Labute approximate surface area is 175 Å². The van der Waals surface area contributed by atoms with Crippen molar-refractivity contribution in [3.63, 3.8) is 0 Å². The predicted molar refractivity (Wildman–Crippen MR) is 110 cm³/mol. The Bertz CT molecular complexity index is 963. The second-order valence-electron chi connectivity index (χ2n) is 5.45. The molecule has 0 radical (unpaired) electrons. The molecule has 0 atom stereocenters. The SMILES string of the molecule is COc1cc(/C=C2\SC(=N)NC2=O)cc(Cl)c1OCc1ccc(Cl)cc1Cl. The summed E-state index contributed by atoms with van der Waals surface area (Å²) in [6, 6.07) is 8.49. The number of thioether (sulfide) groups is 1. The molecule has 5 nitrogen and oxygen atoms in total. The van der Waals surface area contributed by atoms with Crippen molar-refractivity contribution in [2.45, 2.75) is 6.61 Å². The zero-order valence-corrected chi connectivity index (χ0v) is 17.0. The molecule has 0 unspecified atom stereocenters. The number of amidine groups is 1. The maximum absolute atomic E-state index is 11.8. The fourth-order valence-corrected chi connectivity index (χ4v) is 3.78. The molecule has 0 aromatic heterocycles. The Kier molecular flexibility index (Phi) is 6.22. The topological polar surface area (TPSA) is 71.4 Å². The van der Waals surface area contributed by atoms with Crippen molar-refractivity contribution in [2.24, 2.45) is 0 Å². The molecule has 0 aliphatic carbocycles. The molecular formula is C18H13Cl3N2O3S. The molecule has 27 heavy (non-hydrogen) atoms. The lowest BCUT2D eigenvalue weighted by Crippen LogP contribution is -2.18. The molecule has 9 heteroatoms. The van der Waals surface area contributed by atoms with Crippen molar-refractivity contribution < 1.29 is 14.3 Å². The van der Waals surface area contributed by atoms with Crippen molar-refractivity contribution in [3.8, 4) is 11.5 Å². The van der Waals surface area contributed by atoms with Crippen LogP contribution in [0, 0.1) is 5.41 Å². The van der Waals surface area contributed by atoms with Gasteiger partial charge in [0.2, 0.25) is 0 Å². The Morgan fingerprint density at radius 3 is 2.59 bits per heavy atom. The van der Waals surface area contributed by atoms with E-state index in [1.54, 1.807) is 36.4 Å². The highest BCUT2D eigenvalue weighted by atomic mass is 35.5. The number of nitrogens with one attached hydrogen (secondary N) is 2. The average Bonchev–Trinajstić information content (AvgIpc) is 2.92. The van der Waals surface area contributed by atoms with E-state index in [-0.39, 0.29) is 17.7 Å². The molecule has 1 fully saturated rings. The van der Waals surface area contributed by atoms with Crippen LogP contribution in [0.5, 0.6) is 11.5 Å². The first-order valence-corrected chi connectivity index (χ1v) is 9.56. The molecule has 2 N–H and O–H groups in total. The third kappa shape index (κ3) is 4.71. The van der Waals surface area contributed by atoms with Crippen molar-refractivity contribution >= 4 is 63.7 Å². The zero-order valence-electron chi connectivity index (χ0n) is 13.9. The van der Waals surface area contributed by atoms with Crippen LogP contribution in [0.3, 0.4) is 0 Å². The van der Waals surface area contributed by atoms with Gasteiger partial charge in [0, 0.05) is 15.6 Å². The number of hydrogen-bond donors (Lipinski definition) is 2. The second-order valence-corrected chi connectivity index (χ2v) is 7.76. The summed E-state index contributed by atoms with van der Waals surface area (Å²) in [6.07, 6.45) is 1.63. The van der Waals surface area contributed by atoms with E-state index >= 15 is 0 Å². The maximum atomic E-state index is 11.8. The van der Waals surface area contributed by atoms with Gasteiger partial charge in [-0.1, -0.05) is 40.9 Å². The lowest BCUT2D eigenvalue weighted by atomic mass is 10.1. The molecule has 1 amide bonds. The fraction of sp³-hybridized carbons (Fsp3) is 0.111. The smallest absolute Gasteiger partial charge is 0.264 e. The number of rotatable bonds is 5. The number of ether oxygens (including phenoxy) is 2. The Balaban J connectivity index is 1.85. The van der Waals surface area contributed by atoms with Crippen LogP contribution in [0.15, 0.2) is 35.2 Å². The van der Waals surface area contributed by atoms with Gasteiger partial charge in [-0.3, -0.25) is 10.2 Å². The zero-order chi connectivity index (χ0) is 19.6. The minimum atomic E-state index is -0.321. The summed E-state index contributed by atoms with van der Waals surface area (Å²) < 4.78 is 11.2. The third-order valence-electron chi connectivity index (χ3n) is 3.60. The van der Waals surface area contributed by atoms with Gasteiger partial charge in [-0.05, 0) is 47.7 Å². The summed E-state index contributed by atoms with van der Waals surface area (Å²) >= 11 is 19.5. The molecule has 1 saturated heterocycles. The quantitative estimate of drug-likeness (QED) is 0.609. The number of hydrogen-bond acceptors (Lipinski definition) is 5. The molecule has 1 aliphatic rings. The van der Waals surface area contributed by atoms with Gasteiger partial charge in [0.25, 0.3) is 5.91 Å². The van der Waals surface area contributed by atoms with Crippen molar-refractivity contribution in [1.82, 2.24) is 5.32 Å². The van der Waals surface area contributed by atoms with Crippen LogP contribution in [0.1, 0.15) is 11.1 Å². The van der Waals surface area contributed by atoms with E-state index in [1.807, 2.05) is 0 Å². The molecule has 2 aromatic carbocycles. The van der Waals surface area contributed by atoms with Crippen LogP contribution >= 0.6 is 46.6 Å². The van der Waals surface area contributed by atoms with Crippen molar-refractivity contribution in [3.05, 3.63) is 61.4 Å². The Morgan fingerprint density at radius 1 is 1.19 bits per heavy atom. The van der Waals surface area contributed by atoms with E-state index in [9.17, 15) is 4.79 Å². The number of methoxy groups -OCH3 is 1. The molecule has 1 aliphatic heterocycles. The van der Waals surface area contributed by atoms with Crippen molar-refractivity contribution in [2.75, 3.05) is 7.11 Å². The van der Waals surface area contributed by atoms with Crippen LogP contribution in [0.25, 0.3) is 6.08 Å². The van der Waals surface area contributed by atoms with Gasteiger partial charge in [0.05, 0.1) is 17.0 Å². The Hall–Kier alpha value is -1.86. The fourth-order valence-electron chi connectivity index (χ4n) is 2.34. The van der Waals surface area contributed by atoms with Gasteiger partial charge in [-0.2, -0.15) is 0 Å². The van der Waals surface area contributed by atoms with Crippen LogP contribution in [0.2, 0.25) is 15.1 Å². The summed E-state index contributed by atoms with van der Waals surface area (Å²) in [5, 5.41) is 11.4. The van der Waals surface area contributed by atoms with E-state index < -0.39 is 0 Å². The lowest BCUT2D eigenvalue weighted by Gasteiger charge is -2.14. The third-order valence-corrected chi connectivity index (χ3v) is 5.30. The Morgan fingerprint density at radius 2 is 1.96 bits per heavy atom. The summed E-state index contributed by atoms with van der Waals surface area (Å²) in [7, 11) is 1.50. The van der Waals surface area contributed by atoms with Gasteiger partial charge < -0.3 is 14.8 Å². The van der Waals surface area contributed by atoms with E-state index in [4.69, 9.17) is 49.7 Å². The van der Waals surface area contributed by atoms with Crippen LogP contribution in [-0.2, 0) is 11.4 Å². The van der Waals surface area contributed by atoms with E-state index in [0.717, 1.165) is 17.3 Å². The average molecular weight is 444 g/mol. The maximum Gasteiger partial charge on any atom is 0.264 e. The minimum Gasteiger partial charge on any atom is -0.493 e. The number of carbonyl (C=O) groups is 1. The van der Waals surface area contributed by atoms with E-state index in [1.165, 1.54) is 7.11 Å². The number of halogens is 3. The van der Waals surface area contributed by atoms with E-state index in [0.29, 0.717) is 37.0 Å². The highest BCUT2D eigenvalue weighted by Gasteiger charge is 2.22. The molecule has 3 rings (SSSR count). The van der Waals surface area contributed by atoms with Crippen LogP contribution in [-0.4, -0.2) is 18.2 Å². The van der Waals surface area contributed by atoms with E-state index in [2.05, 4.69) is 5.32 Å². The number of carbonyl (C=O) groups excluding carboxylic acids is 1. The number of benzene rings is 2. The van der Waals surface area contributed by atoms with Gasteiger partial charge in [-0.25, -0.2) is 0 Å². The van der Waals surface area contributed by atoms with Gasteiger partial charge in [-0.15, -0.1) is 0 Å². The molecule has 2 aromatic rings. The summed E-state index contributed by atoms with van der Waals surface area (Å²) in [5.41, 5.74) is 1.41. The number of amides is 1.